The zero-order valence-corrected chi connectivity index (χ0v) is 27.7. The number of aryl methyl sites for hydroxylation is 1. The molecule has 4 aromatic rings. The SMILES string of the molecule is CCN(CC)CC.Cc1cn([C@H]2CN(C(c3ccccc3)(c3ccccc3)c3ccccc3)C[C@H](P(C)(=O)O)O2)c(=O)[nH]c1=O. The van der Waals surface area contributed by atoms with Gasteiger partial charge < -0.3 is 14.5 Å². The Morgan fingerprint density at radius 3 is 1.67 bits per heavy atom. The van der Waals surface area contributed by atoms with E-state index < -0.39 is 36.2 Å². The van der Waals surface area contributed by atoms with Crippen molar-refractivity contribution in [2.75, 3.05) is 39.4 Å². The predicted molar refractivity (Wildman–Crippen MR) is 180 cm³/mol. The zero-order valence-electron chi connectivity index (χ0n) is 26.8. The highest BCUT2D eigenvalue weighted by atomic mass is 31.2. The number of nitrogens with one attached hydrogen (secondary N) is 1. The van der Waals surface area contributed by atoms with E-state index in [2.05, 4.69) is 35.6 Å². The number of morpholine rings is 1. The second kappa shape index (κ2) is 15.1. The van der Waals surface area contributed by atoms with Gasteiger partial charge in [0.15, 0.2) is 6.23 Å². The van der Waals surface area contributed by atoms with E-state index in [1.165, 1.54) is 37.1 Å². The van der Waals surface area contributed by atoms with E-state index in [9.17, 15) is 19.0 Å². The van der Waals surface area contributed by atoms with E-state index in [-0.39, 0.29) is 13.1 Å². The third-order valence-corrected chi connectivity index (χ3v) is 9.80. The highest BCUT2D eigenvalue weighted by molar-refractivity contribution is 7.57. The number of aromatic amines is 1. The van der Waals surface area contributed by atoms with Gasteiger partial charge in [0.25, 0.3) is 5.56 Å². The Hall–Kier alpha value is -3.59. The number of rotatable bonds is 9. The summed E-state index contributed by atoms with van der Waals surface area (Å²) in [6, 6.07) is 29.9. The second-order valence-electron chi connectivity index (χ2n) is 11.3. The molecule has 1 aliphatic heterocycles. The molecule has 1 aromatic heterocycles. The van der Waals surface area contributed by atoms with Crippen molar-refractivity contribution in [3.63, 3.8) is 0 Å². The minimum atomic E-state index is -3.77. The third-order valence-electron chi connectivity index (χ3n) is 8.45. The molecule has 45 heavy (non-hydrogen) atoms. The lowest BCUT2D eigenvalue weighted by molar-refractivity contribution is -0.112. The molecule has 0 radical (unpaired) electrons. The van der Waals surface area contributed by atoms with Crippen molar-refractivity contribution in [3.05, 3.63) is 140 Å². The van der Waals surface area contributed by atoms with Crippen molar-refractivity contribution >= 4 is 7.37 Å². The first-order valence-corrected chi connectivity index (χ1v) is 17.6. The molecular formula is C35H45N4O5P. The van der Waals surface area contributed by atoms with Crippen LogP contribution in [0.2, 0.25) is 0 Å². The molecule has 0 amide bonds. The van der Waals surface area contributed by atoms with Crippen molar-refractivity contribution in [1.29, 1.82) is 0 Å². The van der Waals surface area contributed by atoms with Crippen molar-refractivity contribution in [3.8, 4) is 0 Å². The van der Waals surface area contributed by atoms with Crippen molar-refractivity contribution in [2.24, 2.45) is 0 Å². The van der Waals surface area contributed by atoms with Crippen LogP contribution in [0.3, 0.4) is 0 Å². The van der Waals surface area contributed by atoms with Gasteiger partial charge in [-0.1, -0.05) is 112 Å². The van der Waals surface area contributed by atoms with E-state index in [4.69, 9.17) is 4.74 Å². The molecule has 0 saturated carbocycles. The molecule has 10 heteroatoms. The predicted octanol–water partition coefficient (Wildman–Crippen LogP) is 5.24. The van der Waals surface area contributed by atoms with Gasteiger partial charge >= 0.3 is 5.69 Å². The Balaban J connectivity index is 0.000000591. The van der Waals surface area contributed by atoms with E-state index in [1.54, 1.807) is 6.92 Å². The number of hydrogen-bond acceptors (Lipinski definition) is 6. The lowest BCUT2D eigenvalue weighted by Gasteiger charge is -2.50. The molecule has 3 atom stereocenters. The fourth-order valence-electron chi connectivity index (χ4n) is 5.97. The van der Waals surface area contributed by atoms with Crippen LogP contribution in [-0.2, 0) is 14.8 Å². The fourth-order valence-corrected chi connectivity index (χ4v) is 6.83. The minimum Gasteiger partial charge on any atom is -0.343 e. The zero-order chi connectivity index (χ0) is 32.6. The largest absolute Gasteiger partial charge is 0.343 e. The number of benzene rings is 3. The molecular weight excluding hydrogens is 587 g/mol. The van der Waals surface area contributed by atoms with Crippen LogP contribution in [0.5, 0.6) is 0 Å². The summed E-state index contributed by atoms with van der Waals surface area (Å²) in [5.74, 6) is -1.07. The van der Waals surface area contributed by atoms with Gasteiger partial charge in [-0.2, -0.15) is 0 Å². The second-order valence-corrected chi connectivity index (χ2v) is 13.8. The van der Waals surface area contributed by atoms with Crippen LogP contribution in [0, 0.1) is 6.92 Å². The Bertz CT molecular complexity index is 1570. The molecule has 1 saturated heterocycles. The number of aromatic nitrogens is 2. The molecule has 9 nitrogen and oxygen atoms in total. The summed E-state index contributed by atoms with van der Waals surface area (Å²) in [6.45, 7) is 13.3. The van der Waals surface area contributed by atoms with Gasteiger partial charge in [0, 0.05) is 31.5 Å². The summed E-state index contributed by atoms with van der Waals surface area (Å²) in [4.78, 5) is 42.5. The summed E-state index contributed by atoms with van der Waals surface area (Å²) in [5, 5.41) is 0. The summed E-state index contributed by atoms with van der Waals surface area (Å²) < 4.78 is 20.5. The Kier molecular flexibility index (Phi) is 11.5. The summed E-state index contributed by atoms with van der Waals surface area (Å²) >= 11 is 0. The van der Waals surface area contributed by atoms with Crippen molar-refractivity contribution in [2.45, 2.75) is 45.3 Å². The Labute approximate surface area is 265 Å². The van der Waals surface area contributed by atoms with Crippen LogP contribution in [-0.4, -0.2) is 69.5 Å². The molecule has 3 aromatic carbocycles. The normalized spacial score (nSPS) is 18.6. The maximum Gasteiger partial charge on any atom is 0.330 e. The number of nitrogens with zero attached hydrogens (tertiary/aromatic N) is 3. The van der Waals surface area contributed by atoms with Gasteiger partial charge in [-0.15, -0.1) is 0 Å². The summed E-state index contributed by atoms with van der Waals surface area (Å²) in [7, 11) is -3.77. The monoisotopic (exact) mass is 632 g/mol. The maximum atomic E-state index is 13.1. The molecule has 5 rings (SSSR count). The molecule has 1 fully saturated rings. The quantitative estimate of drug-likeness (QED) is 0.192. The van der Waals surface area contributed by atoms with Crippen LogP contribution < -0.4 is 11.2 Å². The fraction of sp³-hybridized carbons (Fsp3) is 0.371. The molecule has 1 unspecified atom stereocenters. The van der Waals surface area contributed by atoms with Crippen molar-refractivity contribution < 1.29 is 14.2 Å². The molecule has 0 spiro atoms. The van der Waals surface area contributed by atoms with Gasteiger partial charge in [0.2, 0.25) is 7.37 Å². The molecule has 1 aliphatic rings. The van der Waals surface area contributed by atoms with Gasteiger partial charge in [-0.05, 0) is 43.2 Å². The molecule has 2 N–H and O–H groups in total. The maximum absolute atomic E-state index is 13.1. The van der Waals surface area contributed by atoms with Crippen LogP contribution in [0.25, 0.3) is 0 Å². The van der Waals surface area contributed by atoms with Gasteiger partial charge in [0.05, 0.1) is 5.54 Å². The number of ether oxygens (including phenoxy) is 1. The molecule has 0 bridgehead atoms. The Morgan fingerprint density at radius 2 is 1.29 bits per heavy atom. The van der Waals surface area contributed by atoms with E-state index in [0.717, 1.165) is 16.7 Å². The topological polar surface area (TPSA) is 108 Å². The van der Waals surface area contributed by atoms with Crippen LogP contribution in [0.15, 0.2) is 107 Å². The van der Waals surface area contributed by atoms with Gasteiger partial charge in [-0.3, -0.25) is 23.8 Å². The average molecular weight is 633 g/mol. The number of hydrogen-bond donors (Lipinski definition) is 2. The van der Waals surface area contributed by atoms with E-state index >= 15 is 0 Å². The Morgan fingerprint density at radius 1 is 0.844 bits per heavy atom. The van der Waals surface area contributed by atoms with E-state index in [1.807, 2.05) is 91.0 Å². The van der Waals surface area contributed by atoms with Crippen molar-refractivity contribution in [1.82, 2.24) is 19.4 Å². The first-order chi connectivity index (χ1) is 21.6. The first kappa shape index (κ1) is 34.3. The van der Waals surface area contributed by atoms with Crippen LogP contribution >= 0.6 is 7.37 Å². The average Bonchev–Trinajstić information content (AvgIpc) is 3.05. The lowest BCUT2D eigenvalue weighted by Crippen LogP contribution is -2.57. The summed E-state index contributed by atoms with van der Waals surface area (Å²) in [6.07, 6.45) is 0.521. The highest BCUT2D eigenvalue weighted by Gasteiger charge is 2.48. The standard InChI is InChI=1S/C29H30N3O5P.C6H15N/c1-21-18-32(28(34)30-27(21)33)25-19-31(20-26(37-25)38(2,35)36)29(22-12-6-3-7-13-22,23-14-8-4-9-15-23)24-16-10-5-11-17-24;1-4-7(5-2)6-3/h3-18,25-26H,19-20H2,1-2H3,(H,35,36)(H,30,33,34);4-6H2,1-3H3/t25-,26+;/m1./s1. The number of H-pyrrole nitrogens is 1. The molecule has 2 heterocycles. The van der Waals surface area contributed by atoms with Gasteiger partial charge in [-0.25, -0.2) is 4.79 Å². The van der Waals surface area contributed by atoms with E-state index in [0.29, 0.717) is 5.56 Å². The first-order valence-electron chi connectivity index (χ1n) is 15.5. The third kappa shape index (κ3) is 7.63. The van der Waals surface area contributed by atoms with Crippen LogP contribution in [0.4, 0.5) is 0 Å². The smallest absolute Gasteiger partial charge is 0.330 e. The van der Waals surface area contributed by atoms with Crippen LogP contribution in [0.1, 0.15) is 49.3 Å². The minimum absolute atomic E-state index is 0.135. The lowest BCUT2D eigenvalue weighted by atomic mass is 9.75. The highest BCUT2D eigenvalue weighted by Crippen LogP contribution is 2.50. The molecule has 240 valence electrons. The molecule has 0 aliphatic carbocycles. The summed E-state index contributed by atoms with van der Waals surface area (Å²) in [5.41, 5.74) is 1.24. The van der Waals surface area contributed by atoms with Gasteiger partial charge in [0.1, 0.15) is 5.85 Å².